The molecule has 0 amide bonds. The van der Waals surface area contributed by atoms with Gasteiger partial charge in [-0.15, -0.1) is 0 Å². The number of benzene rings is 2. The Balaban J connectivity index is 2.44. The van der Waals surface area contributed by atoms with Gasteiger partial charge in [0.05, 0.1) is 34.1 Å². The first kappa shape index (κ1) is 37.6. The highest BCUT2D eigenvalue weighted by Crippen LogP contribution is 2.44. The normalized spacial score (nSPS) is 15.2. The monoisotopic (exact) mass is 707 g/mol. The summed E-state index contributed by atoms with van der Waals surface area (Å²) in [6.45, 7) is 9.52. The van der Waals surface area contributed by atoms with Crippen LogP contribution in [0, 0.1) is 0 Å². The summed E-state index contributed by atoms with van der Waals surface area (Å²) >= 11 is 0. The zero-order valence-electron chi connectivity index (χ0n) is 25.2. The first-order valence-corrected chi connectivity index (χ1v) is 20.3. The predicted molar refractivity (Wildman–Crippen MR) is 150 cm³/mol. The maximum Gasteiger partial charge on any atom is 0.416 e. The molecule has 2 unspecified atom stereocenters. The largest absolute Gasteiger partial charge is 0.416 e. The van der Waals surface area contributed by atoms with Crippen molar-refractivity contribution in [3.63, 3.8) is 0 Å². The molecular weight excluding hydrogens is 678 g/mol. The molecule has 0 radical (unpaired) electrons. The minimum absolute atomic E-state index is 0.0718. The number of hydrogen-bond donors (Lipinski definition) is 0. The Labute approximate surface area is 258 Å². The summed E-state index contributed by atoms with van der Waals surface area (Å²) in [5, 5.41) is 0. The Hall–Kier alpha value is -2.90. The third-order valence-electron chi connectivity index (χ3n) is 6.17. The highest BCUT2D eigenvalue weighted by Gasteiger charge is 2.41. The van der Waals surface area contributed by atoms with E-state index in [0.717, 1.165) is 6.20 Å². The molecule has 0 aliphatic heterocycles. The van der Waals surface area contributed by atoms with E-state index in [9.17, 15) is 52.7 Å². The molecule has 3 nitrogen and oxygen atoms in total. The van der Waals surface area contributed by atoms with Crippen LogP contribution in [0.1, 0.15) is 56.8 Å². The maximum absolute atomic E-state index is 13.8. The van der Waals surface area contributed by atoms with Crippen molar-refractivity contribution in [1.82, 2.24) is 4.98 Å². The van der Waals surface area contributed by atoms with E-state index in [1.807, 2.05) is 0 Å². The van der Waals surface area contributed by atoms with Gasteiger partial charge in [-0.1, -0.05) is 6.07 Å². The van der Waals surface area contributed by atoms with E-state index < -0.39 is 86.9 Å². The number of halogens is 12. The van der Waals surface area contributed by atoms with Crippen LogP contribution in [0.5, 0.6) is 0 Å². The molecular formula is C29H29F12NO2Si2. The molecule has 46 heavy (non-hydrogen) atoms. The van der Waals surface area contributed by atoms with E-state index in [2.05, 4.69) is 4.98 Å². The molecule has 0 saturated heterocycles. The van der Waals surface area contributed by atoms with Crippen LogP contribution < -0.4 is 0 Å². The van der Waals surface area contributed by atoms with Crippen LogP contribution in [0.2, 0.25) is 39.3 Å². The van der Waals surface area contributed by atoms with Crippen molar-refractivity contribution in [3.05, 3.63) is 99.4 Å². The van der Waals surface area contributed by atoms with Gasteiger partial charge in [-0.05, 0) is 92.9 Å². The van der Waals surface area contributed by atoms with Gasteiger partial charge in [0.2, 0.25) is 0 Å². The average Bonchev–Trinajstić information content (AvgIpc) is 2.87. The van der Waals surface area contributed by atoms with Crippen LogP contribution in [-0.2, 0) is 33.6 Å². The topological polar surface area (TPSA) is 31.4 Å². The Morgan fingerprint density at radius 1 is 0.522 bits per heavy atom. The van der Waals surface area contributed by atoms with Gasteiger partial charge >= 0.3 is 24.7 Å². The molecule has 0 aliphatic carbocycles. The quantitative estimate of drug-likeness (QED) is 0.173. The van der Waals surface area contributed by atoms with Crippen molar-refractivity contribution in [2.45, 2.75) is 76.2 Å². The second kappa shape index (κ2) is 12.6. The second-order valence-electron chi connectivity index (χ2n) is 12.4. The number of rotatable bonds is 8. The summed E-state index contributed by atoms with van der Waals surface area (Å²) in [6, 6.07) is 4.13. The van der Waals surface area contributed by atoms with Gasteiger partial charge < -0.3 is 8.85 Å². The summed E-state index contributed by atoms with van der Waals surface area (Å²) < 4.78 is 178. The molecule has 0 N–H and O–H groups in total. The van der Waals surface area contributed by atoms with E-state index in [1.165, 1.54) is 12.1 Å². The highest BCUT2D eigenvalue weighted by molar-refractivity contribution is 6.70. The molecule has 0 fully saturated rings. The molecule has 0 aliphatic rings. The number of pyridine rings is 1. The van der Waals surface area contributed by atoms with Crippen molar-refractivity contribution < 1.29 is 61.5 Å². The molecule has 0 bridgehead atoms. The van der Waals surface area contributed by atoms with Crippen LogP contribution >= 0.6 is 0 Å². The molecule has 2 atom stereocenters. The van der Waals surface area contributed by atoms with Crippen molar-refractivity contribution in [3.8, 4) is 0 Å². The third-order valence-corrected chi connectivity index (χ3v) is 8.06. The molecule has 1 heterocycles. The summed E-state index contributed by atoms with van der Waals surface area (Å²) in [7, 11) is -5.78. The summed E-state index contributed by atoms with van der Waals surface area (Å²) in [5.74, 6) is 0. The van der Waals surface area contributed by atoms with Crippen molar-refractivity contribution in [2.24, 2.45) is 0 Å². The number of aromatic nitrogens is 1. The van der Waals surface area contributed by atoms with E-state index in [4.69, 9.17) is 8.85 Å². The van der Waals surface area contributed by atoms with E-state index in [0.29, 0.717) is 24.3 Å². The lowest BCUT2D eigenvalue weighted by Gasteiger charge is -2.33. The summed E-state index contributed by atoms with van der Waals surface area (Å²) in [6.07, 6.45) is -23.2. The van der Waals surface area contributed by atoms with Crippen LogP contribution in [0.3, 0.4) is 0 Å². The fourth-order valence-electron chi connectivity index (χ4n) is 4.43. The van der Waals surface area contributed by atoms with Crippen LogP contribution in [0.15, 0.2) is 54.7 Å². The maximum atomic E-state index is 13.8. The molecule has 254 valence electrons. The van der Waals surface area contributed by atoms with Crippen LogP contribution in [0.4, 0.5) is 52.7 Å². The molecule has 0 spiro atoms. The highest BCUT2D eigenvalue weighted by atomic mass is 28.4. The standard InChI is InChI=1S/C29H29F12NO2Si2/c1-45(2,3)43-24(16-10-18(26(30,31)32)14-19(11-16)27(33,34)35)22-8-7-9-42-23(22)25(44-46(4,5)6)17-12-20(28(36,37)38)15-21(13-17)29(39,40)41/h7-15,24-25H,1-6H3. The lowest BCUT2D eigenvalue weighted by Crippen LogP contribution is -2.32. The predicted octanol–water partition coefficient (Wildman–Crippen LogP) is 11.0. The SMILES string of the molecule is C[Si](C)(C)OC(c1cc(C(F)(F)F)cc(C(F)(F)F)c1)c1cccnc1C(O[Si](C)(C)C)c1cc(C(F)(F)F)cc(C(F)(F)F)c1. The lowest BCUT2D eigenvalue weighted by atomic mass is 9.92. The van der Waals surface area contributed by atoms with Crippen LogP contribution in [0.25, 0.3) is 0 Å². The zero-order chi connectivity index (χ0) is 35.3. The first-order valence-electron chi connectivity index (χ1n) is 13.5. The second-order valence-corrected chi connectivity index (χ2v) is 21.3. The smallest absolute Gasteiger partial charge is 0.407 e. The zero-order valence-corrected chi connectivity index (χ0v) is 27.2. The van der Waals surface area contributed by atoms with E-state index >= 15 is 0 Å². The minimum atomic E-state index is -5.22. The van der Waals surface area contributed by atoms with Gasteiger partial charge in [-0.25, -0.2) is 0 Å². The molecule has 1 aromatic heterocycles. The fourth-order valence-corrected chi connectivity index (χ4v) is 6.36. The first-order chi connectivity index (χ1) is 20.6. The Morgan fingerprint density at radius 3 is 1.17 bits per heavy atom. The molecule has 3 rings (SSSR count). The van der Waals surface area contributed by atoms with Crippen molar-refractivity contribution in [2.75, 3.05) is 0 Å². The Kier molecular flexibility index (Phi) is 10.3. The summed E-state index contributed by atoms with van der Waals surface area (Å²) in [5.41, 5.74) is -8.37. The van der Waals surface area contributed by atoms with Gasteiger partial charge in [-0.3, -0.25) is 4.98 Å². The van der Waals surface area contributed by atoms with Crippen LogP contribution in [-0.4, -0.2) is 21.6 Å². The molecule has 3 aromatic rings. The Bertz CT molecular complexity index is 1360. The third kappa shape index (κ3) is 9.81. The van der Waals surface area contributed by atoms with E-state index in [-0.39, 0.29) is 23.4 Å². The summed E-state index contributed by atoms with van der Waals surface area (Å²) in [4.78, 5) is 4.17. The van der Waals surface area contributed by atoms with Crippen molar-refractivity contribution in [1.29, 1.82) is 0 Å². The van der Waals surface area contributed by atoms with Crippen molar-refractivity contribution >= 4 is 16.6 Å². The van der Waals surface area contributed by atoms with Gasteiger partial charge in [0.1, 0.15) is 6.10 Å². The van der Waals surface area contributed by atoms with Gasteiger partial charge in [0.25, 0.3) is 0 Å². The Morgan fingerprint density at radius 2 is 0.848 bits per heavy atom. The van der Waals surface area contributed by atoms with E-state index in [1.54, 1.807) is 39.3 Å². The average molecular weight is 708 g/mol. The minimum Gasteiger partial charge on any atom is -0.407 e. The van der Waals surface area contributed by atoms with Gasteiger partial charge in [0.15, 0.2) is 16.6 Å². The van der Waals surface area contributed by atoms with Gasteiger partial charge in [0, 0.05) is 11.8 Å². The number of alkyl halides is 12. The van der Waals surface area contributed by atoms with Gasteiger partial charge in [-0.2, -0.15) is 52.7 Å². The molecule has 0 saturated carbocycles. The number of hydrogen-bond acceptors (Lipinski definition) is 3. The molecule has 17 heteroatoms. The molecule has 2 aromatic carbocycles. The number of nitrogens with zero attached hydrogens (tertiary/aromatic N) is 1. The lowest BCUT2D eigenvalue weighted by molar-refractivity contribution is -0.144. The fraction of sp³-hybridized carbons (Fsp3) is 0.414.